The van der Waals surface area contributed by atoms with E-state index in [0.717, 1.165) is 44.9 Å². The van der Waals surface area contributed by atoms with Crippen molar-refractivity contribution < 1.29 is 23.9 Å². The predicted octanol–water partition coefficient (Wildman–Crippen LogP) is 11.7. The number of esters is 2. The maximum Gasteiger partial charge on any atom is 0.306 e. The third kappa shape index (κ3) is 34.6. The van der Waals surface area contributed by atoms with Gasteiger partial charge in [0.15, 0.2) is 13.2 Å². The smallest absolute Gasteiger partial charge is 0.306 e. The molecule has 44 heavy (non-hydrogen) atoms. The first kappa shape index (κ1) is 42.1. The summed E-state index contributed by atoms with van der Waals surface area (Å²) < 4.78 is 10.1. The lowest BCUT2D eigenvalue weighted by Gasteiger charge is -2.06. The highest BCUT2D eigenvalue weighted by Gasteiger charge is 2.11. The molecule has 0 bridgehead atoms. The van der Waals surface area contributed by atoms with Crippen molar-refractivity contribution in [2.45, 2.75) is 194 Å². The van der Waals surface area contributed by atoms with E-state index in [9.17, 15) is 14.4 Å². The molecule has 0 amide bonds. The molecule has 0 saturated carbocycles. The average molecular weight is 619 g/mol. The quantitative estimate of drug-likeness (QED) is 0.0407. The van der Waals surface area contributed by atoms with Crippen LogP contribution < -0.4 is 0 Å². The SMILES string of the molecule is CCCCCCCC=CCCCCCCCCC(=O)OCC(=O)COC(=O)CCCCCCCC=CCCCCCCCC. The van der Waals surface area contributed by atoms with Gasteiger partial charge in [0.25, 0.3) is 0 Å². The normalized spacial score (nSPS) is 11.5. The van der Waals surface area contributed by atoms with Crippen molar-refractivity contribution in [3.05, 3.63) is 24.3 Å². The first-order chi connectivity index (χ1) is 21.6. The first-order valence-electron chi connectivity index (χ1n) is 18.7. The summed E-state index contributed by atoms with van der Waals surface area (Å²) in [6.45, 7) is 3.88. The van der Waals surface area contributed by atoms with E-state index in [0.29, 0.717) is 12.8 Å². The van der Waals surface area contributed by atoms with Gasteiger partial charge < -0.3 is 9.47 Å². The van der Waals surface area contributed by atoms with Crippen LogP contribution in [0.5, 0.6) is 0 Å². The molecule has 0 aromatic carbocycles. The van der Waals surface area contributed by atoms with Gasteiger partial charge in [-0.25, -0.2) is 0 Å². The maximum atomic E-state index is 11.9. The van der Waals surface area contributed by atoms with Gasteiger partial charge in [-0.15, -0.1) is 0 Å². The highest BCUT2D eigenvalue weighted by Crippen LogP contribution is 2.12. The van der Waals surface area contributed by atoms with Gasteiger partial charge in [0.05, 0.1) is 0 Å². The Morgan fingerprint density at radius 1 is 0.386 bits per heavy atom. The number of hydrogen-bond acceptors (Lipinski definition) is 5. The van der Waals surface area contributed by atoms with Crippen LogP contribution in [0.15, 0.2) is 24.3 Å². The minimum absolute atomic E-state index is 0.314. The third-order valence-corrected chi connectivity index (χ3v) is 8.07. The van der Waals surface area contributed by atoms with Crippen LogP contribution in [0.3, 0.4) is 0 Å². The molecule has 0 fully saturated rings. The molecular weight excluding hydrogens is 548 g/mol. The topological polar surface area (TPSA) is 69.7 Å². The van der Waals surface area contributed by atoms with Crippen LogP contribution in [0.1, 0.15) is 194 Å². The lowest BCUT2D eigenvalue weighted by molar-refractivity contribution is -0.153. The molecule has 0 heterocycles. The number of carbonyl (C=O) groups excluding carboxylic acids is 3. The summed E-state index contributed by atoms with van der Waals surface area (Å²) in [4.78, 5) is 35.7. The number of hydrogen-bond donors (Lipinski definition) is 0. The lowest BCUT2D eigenvalue weighted by atomic mass is 10.1. The minimum atomic E-state index is -0.373. The summed E-state index contributed by atoms with van der Waals surface area (Å²) >= 11 is 0. The zero-order valence-electron chi connectivity index (χ0n) is 29.1. The Morgan fingerprint density at radius 2 is 0.659 bits per heavy atom. The van der Waals surface area contributed by atoms with Crippen molar-refractivity contribution >= 4 is 17.7 Å². The Bertz CT molecular complexity index is 711. The van der Waals surface area contributed by atoms with Gasteiger partial charge in [0.1, 0.15) is 0 Å². The van der Waals surface area contributed by atoms with E-state index in [1.54, 1.807) is 0 Å². The Kier molecular flexibility index (Phi) is 34.0. The largest absolute Gasteiger partial charge is 0.458 e. The zero-order chi connectivity index (χ0) is 32.2. The Hall–Kier alpha value is -1.91. The monoisotopic (exact) mass is 619 g/mol. The van der Waals surface area contributed by atoms with Crippen LogP contribution in [0.25, 0.3) is 0 Å². The van der Waals surface area contributed by atoms with E-state index in [2.05, 4.69) is 38.2 Å². The summed E-state index contributed by atoms with van der Waals surface area (Å²) in [7, 11) is 0. The van der Waals surface area contributed by atoms with E-state index < -0.39 is 0 Å². The predicted molar refractivity (Wildman–Crippen MR) is 186 cm³/mol. The highest BCUT2D eigenvalue weighted by molar-refractivity contribution is 5.85. The Labute approximate surface area is 272 Å². The van der Waals surface area contributed by atoms with E-state index in [4.69, 9.17) is 9.47 Å². The van der Waals surface area contributed by atoms with Gasteiger partial charge in [0.2, 0.25) is 5.78 Å². The number of ketones is 1. The molecule has 0 saturated heterocycles. The number of Topliss-reactive ketones (excluding diaryl/α,β-unsaturated/α-hetero) is 1. The summed E-state index contributed by atoms with van der Waals surface area (Å²) in [6.07, 6.45) is 41.4. The second-order valence-corrected chi connectivity index (χ2v) is 12.5. The fraction of sp³-hybridized carbons (Fsp3) is 0.821. The van der Waals surface area contributed by atoms with Gasteiger partial charge in [-0.3, -0.25) is 14.4 Å². The van der Waals surface area contributed by atoms with Gasteiger partial charge in [0, 0.05) is 12.8 Å². The second-order valence-electron chi connectivity index (χ2n) is 12.5. The summed E-state index contributed by atoms with van der Waals surface area (Å²) in [5.41, 5.74) is 0. The molecule has 0 rings (SSSR count). The van der Waals surface area contributed by atoms with Crippen LogP contribution in [0, 0.1) is 0 Å². The van der Waals surface area contributed by atoms with Gasteiger partial charge in [-0.2, -0.15) is 0 Å². The summed E-state index contributed by atoms with van der Waals surface area (Å²) in [5.74, 6) is -1.07. The van der Waals surface area contributed by atoms with Gasteiger partial charge in [-0.1, -0.05) is 141 Å². The second kappa shape index (κ2) is 35.6. The van der Waals surface area contributed by atoms with E-state index in [-0.39, 0.29) is 30.9 Å². The molecular formula is C39H70O5. The Morgan fingerprint density at radius 3 is 0.977 bits per heavy atom. The van der Waals surface area contributed by atoms with Gasteiger partial charge in [-0.05, 0) is 64.2 Å². The standard InChI is InChI=1S/C39H70O5/c1-3-5-7-9-11-13-15-17-19-21-23-25-27-29-31-33-38(41)43-35-37(40)36-44-39(42)34-32-30-28-26-24-22-20-18-16-14-12-10-8-6-4-2/h15,17-18,20H,3-14,16,19,21-36H2,1-2H3. The van der Waals surface area contributed by atoms with Crippen LogP contribution in [0.4, 0.5) is 0 Å². The summed E-state index contributed by atoms with van der Waals surface area (Å²) in [6, 6.07) is 0. The Balaban J connectivity index is 3.45. The maximum absolute atomic E-state index is 11.9. The molecule has 5 nitrogen and oxygen atoms in total. The third-order valence-electron chi connectivity index (χ3n) is 8.07. The molecule has 0 N–H and O–H groups in total. The number of unbranched alkanes of at least 4 members (excludes halogenated alkanes) is 22. The van der Waals surface area contributed by atoms with E-state index in [1.807, 2.05) is 0 Å². The summed E-state index contributed by atoms with van der Waals surface area (Å²) in [5, 5.41) is 0. The van der Waals surface area contributed by atoms with Gasteiger partial charge >= 0.3 is 11.9 Å². The molecule has 256 valence electrons. The van der Waals surface area contributed by atoms with Crippen LogP contribution >= 0.6 is 0 Å². The van der Waals surface area contributed by atoms with Crippen molar-refractivity contribution in [3.8, 4) is 0 Å². The number of rotatable bonds is 34. The fourth-order valence-electron chi connectivity index (χ4n) is 5.19. The number of allylic oxidation sites excluding steroid dienone is 4. The molecule has 0 aliphatic rings. The molecule has 0 aliphatic carbocycles. The fourth-order valence-corrected chi connectivity index (χ4v) is 5.19. The molecule has 0 atom stereocenters. The minimum Gasteiger partial charge on any atom is -0.458 e. The van der Waals surface area contributed by atoms with Crippen LogP contribution in [-0.4, -0.2) is 30.9 Å². The molecule has 0 aromatic rings. The van der Waals surface area contributed by atoms with Crippen LogP contribution in [-0.2, 0) is 23.9 Å². The van der Waals surface area contributed by atoms with E-state index in [1.165, 1.54) is 122 Å². The van der Waals surface area contributed by atoms with Crippen molar-refractivity contribution in [2.75, 3.05) is 13.2 Å². The zero-order valence-corrected chi connectivity index (χ0v) is 29.1. The van der Waals surface area contributed by atoms with E-state index >= 15 is 0 Å². The molecule has 0 aliphatic heterocycles. The molecule has 0 unspecified atom stereocenters. The average Bonchev–Trinajstić information content (AvgIpc) is 3.02. The molecule has 0 radical (unpaired) electrons. The molecule has 0 aromatic heterocycles. The highest BCUT2D eigenvalue weighted by atomic mass is 16.6. The van der Waals surface area contributed by atoms with Crippen molar-refractivity contribution in [1.29, 1.82) is 0 Å². The van der Waals surface area contributed by atoms with Crippen molar-refractivity contribution in [1.82, 2.24) is 0 Å². The number of carbonyl (C=O) groups is 3. The first-order valence-corrected chi connectivity index (χ1v) is 18.7. The van der Waals surface area contributed by atoms with Crippen LogP contribution in [0.2, 0.25) is 0 Å². The molecule has 0 spiro atoms. The molecule has 5 heteroatoms. The number of ether oxygens (including phenoxy) is 2. The van der Waals surface area contributed by atoms with Crippen molar-refractivity contribution in [3.63, 3.8) is 0 Å². The van der Waals surface area contributed by atoms with Crippen molar-refractivity contribution in [2.24, 2.45) is 0 Å². The lowest BCUT2D eigenvalue weighted by Crippen LogP contribution is -2.20.